The molecule has 0 spiro atoms. The first-order chi connectivity index (χ1) is 16.8. The average Bonchev–Trinajstić information content (AvgIpc) is 2.86. The molecule has 0 aliphatic heterocycles. The van der Waals surface area contributed by atoms with E-state index in [0.717, 1.165) is 24.8 Å². The second-order valence-corrected chi connectivity index (χ2v) is 8.64. The Morgan fingerprint density at radius 2 is 1.74 bits per heavy atom. The normalized spacial score (nSPS) is 11.0. The van der Waals surface area contributed by atoms with Crippen molar-refractivity contribution < 1.29 is 23.8 Å². The number of benzene rings is 1. The smallest absolute Gasteiger partial charge is 0.337 e. The number of hydrogen-bond donors (Lipinski definition) is 0. The molecule has 6 heteroatoms. The molecule has 1 aromatic carbocycles. The van der Waals surface area contributed by atoms with Crippen molar-refractivity contribution in [1.82, 2.24) is 4.98 Å². The van der Waals surface area contributed by atoms with Gasteiger partial charge in [-0.3, -0.25) is 4.79 Å². The zero-order valence-electron chi connectivity index (χ0n) is 21.3. The highest BCUT2D eigenvalue weighted by Crippen LogP contribution is 2.21. The van der Waals surface area contributed by atoms with Gasteiger partial charge in [0.1, 0.15) is 11.4 Å². The maximum atomic E-state index is 11.7. The lowest BCUT2D eigenvalue weighted by molar-refractivity contribution is -0.140. The van der Waals surface area contributed by atoms with E-state index in [-0.39, 0.29) is 18.4 Å². The summed E-state index contributed by atoms with van der Waals surface area (Å²) in [6.07, 6.45) is 6.02. The third-order valence-corrected chi connectivity index (χ3v) is 5.45. The molecule has 0 saturated heterocycles. The fraction of sp³-hybridized carbons (Fsp3) is 0.414. The molecule has 0 fully saturated rings. The van der Waals surface area contributed by atoms with E-state index in [1.165, 1.54) is 19.8 Å². The zero-order chi connectivity index (χ0) is 25.6. The molecule has 2 aromatic rings. The van der Waals surface area contributed by atoms with Crippen LogP contribution in [0.1, 0.15) is 73.8 Å². The first-order valence-electron chi connectivity index (χ1n) is 11.9. The number of aromatic nitrogens is 1. The van der Waals surface area contributed by atoms with Gasteiger partial charge < -0.3 is 14.2 Å². The Bertz CT molecular complexity index is 1070. The predicted octanol–water partition coefficient (Wildman–Crippen LogP) is 5.53. The molecule has 0 aliphatic rings. The lowest BCUT2D eigenvalue weighted by Crippen LogP contribution is -2.09. The summed E-state index contributed by atoms with van der Waals surface area (Å²) in [5, 5.41) is 0. The Kier molecular flexibility index (Phi) is 11.6. The molecule has 0 amide bonds. The van der Waals surface area contributed by atoms with Gasteiger partial charge in [0.2, 0.25) is 0 Å². The van der Waals surface area contributed by atoms with Crippen molar-refractivity contribution in [3.8, 4) is 17.6 Å². The molecule has 35 heavy (non-hydrogen) atoms. The molecule has 1 atom stereocenters. The van der Waals surface area contributed by atoms with Gasteiger partial charge in [-0.2, -0.15) is 0 Å². The topological polar surface area (TPSA) is 74.7 Å². The summed E-state index contributed by atoms with van der Waals surface area (Å²) in [6.45, 7) is 7.05. The zero-order valence-corrected chi connectivity index (χ0v) is 21.3. The second kappa shape index (κ2) is 14.6. The minimum Gasteiger partial charge on any atom is -0.492 e. The Balaban J connectivity index is 2.09. The summed E-state index contributed by atoms with van der Waals surface area (Å²) in [5.74, 6) is 6.62. The van der Waals surface area contributed by atoms with Gasteiger partial charge in [0, 0.05) is 12.0 Å². The fourth-order valence-corrected chi connectivity index (χ4v) is 3.31. The van der Waals surface area contributed by atoms with Crippen molar-refractivity contribution in [3.63, 3.8) is 0 Å². The maximum Gasteiger partial charge on any atom is 0.337 e. The quantitative estimate of drug-likeness (QED) is 0.241. The molecule has 0 aliphatic carbocycles. The number of pyridine rings is 1. The molecule has 0 bridgehead atoms. The highest BCUT2D eigenvalue weighted by molar-refractivity contribution is 5.89. The number of ether oxygens (including phenoxy) is 3. The molecule has 1 unspecified atom stereocenters. The number of carbonyl (C=O) groups excluding carboxylic acids is 2. The summed E-state index contributed by atoms with van der Waals surface area (Å²) >= 11 is 0. The number of rotatable bonds is 11. The summed E-state index contributed by atoms with van der Waals surface area (Å²) < 4.78 is 15.5. The summed E-state index contributed by atoms with van der Waals surface area (Å²) in [6, 6.07) is 10.5. The van der Waals surface area contributed by atoms with E-state index < -0.39 is 0 Å². The Morgan fingerprint density at radius 1 is 1.00 bits per heavy atom. The van der Waals surface area contributed by atoms with Crippen molar-refractivity contribution in [2.45, 2.75) is 52.9 Å². The number of carbonyl (C=O) groups is 2. The number of esters is 2. The fourth-order valence-electron chi connectivity index (χ4n) is 3.31. The van der Waals surface area contributed by atoms with Crippen molar-refractivity contribution in [2.75, 3.05) is 20.8 Å². The molecule has 2 rings (SSSR count). The molecule has 1 aromatic heterocycles. The van der Waals surface area contributed by atoms with E-state index in [4.69, 9.17) is 14.2 Å². The maximum absolute atomic E-state index is 11.7. The third-order valence-electron chi connectivity index (χ3n) is 5.45. The first kappa shape index (κ1) is 27.7. The number of methoxy groups -OCH3 is 2. The van der Waals surface area contributed by atoms with Gasteiger partial charge in [0.15, 0.2) is 0 Å². The van der Waals surface area contributed by atoms with E-state index in [9.17, 15) is 9.59 Å². The second-order valence-electron chi connectivity index (χ2n) is 8.64. The van der Waals surface area contributed by atoms with Crippen LogP contribution < -0.4 is 4.74 Å². The molecule has 0 saturated carbocycles. The van der Waals surface area contributed by atoms with Crippen LogP contribution in [0.15, 0.2) is 48.0 Å². The summed E-state index contributed by atoms with van der Waals surface area (Å²) in [5.41, 5.74) is 3.81. The predicted molar refractivity (Wildman–Crippen MR) is 136 cm³/mol. The van der Waals surface area contributed by atoms with Gasteiger partial charge in [-0.15, -0.1) is 0 Å². The van der Waals surface area contributed by atoms with Crippen molar-refractivity contribution in [3.05, 3.63) is 70.6 Å². The van der Waals surface area contributed by atoms with Crippen LogP contribution in [0.25, 0.3) is 0 Å². The summed E-state index contributed by atoms with van der Waals surface area (Å²) in [7, 11) is 2.72. The molecule has 186 valence electrons. The lowest BCUT2D eigenvalue weighted by Gasteiger charge is -2.14. The van der Waals surface area contributed by atoms with Crippen LogP contribution in [0, 0.1) is 17.8 Å². The number of nitrogens with zero attached hydrogens (tertiary/aromatic N) is 1. The largest absolute Gasteiger partial charge is 0.492 e. The highest BCUT2D eigenvalue weighted by Gasteiger charge is 2.11. The van der Waals surface area contributed by atoms with Gasteiger partial charge in [-0.05, 0) is 81.3 Å². The lowest BCUT2D eigenvalue weighted by atomic mass is 10.0. The van der Waals surface area contributed by atoms with Crippen LogP contribution in [-0.2, 0) is 20.7 Å². The summed E-state index contributed by atoms with van der Waals surface area (Å²) in [4.78, 5) is 27.9. The van der Waals surface area contributed by atoms with E-state index in [2.05, 4.69) is 43.7 Å². The van der Waals surface area contributed by atoms with Crippen LogP contribution >= 0.6 is 0 Å². The molecular weight excluding hydrogens is 442 g/mol. The van der Waals surface area contributed by atoms with Crippen LogP contribution in [-0.4, -0.2) is 37.7 Å². The third kappa shape index (κ3) is 10.1. The standard InChI is InChI=1S/C29H35NO5/c1-21(2)7-6-8-22(3)19-20-35-27-17-15-25(30-26(27)16-18-28(31)33-4)14-11-23-9-12-24(13-10-23)29(32)34-5/h7,9-10,12-13,15,17,22H,6,8,16,18-20H2,1-5H3. The average molecular weight is 478 g/mol. The van der Waals surface area contributed by atoms with Gasteiger partial charge in [0.05, 0.1) is 38.5 Å². The van der Waals surface area contributed by atoms with Gasteiger partial charge in [0.25, 0.3) is 0 Å². The van der Waals surface area contributed by atoms with E-state index in [1.54, 1.807) is 24.3 Å². The SMILES string of the molecule is COC(=O)CCc1nc(C#Cc2ccc(C(=O)OC)cc2)ccc1OCCC(C)CCC=C(C)C. The van der Waals surface area contributed by atoms with Crippen molar-refractivity contribution in [1.29, 1.82) is 0 Å². The first-order valence-corrected chi connectivity index (χ1v) is 11.9. The van der Waals surface area contributed by atoms with Gasteiger partial charge in [-0.1, -0.05) is 24.5 Å². The number of allylic oxidation sites excluding steroid dienone is 2. The van der Waals surface area contributed by atoms with Crippen molar-refractivity contribution >= 4 is 11.9 Å². The Morgan fingerprint density at radius 3 is 2.40 bits per heavy atom. The molecule has 6 nitrogen and oxygen atoms in total. The van der Waals surface area contributed by atoms with Crippen LogP contribution in [0.2, 0.25) is 0 Å². The highest BCUT2D eigenvalue weighted by atomic mass is 16.5. The molecule has 1 heterocycles. The molecule has 0 N–H and O–H groups in total. The molecule has 0 radical (unpaired) electrons. The monoisotopic (exact) mass is 477 g/mol. The number of hydrogen-bond acceptors (Lipinski definition) is 6. The van der Waals surface area contributed by atoms with Crippen molar-refractivity contribution in [2.24, 2.45) is 5.92 Å². The van der Waals surface area contributed by atoms with E-state index in [0.29, 0.717) is 41.6 Å². The van der Waals surface area contributed by atoms with Gasteiger partial charge in [-0.25, -0.2) is 9.78 Å². The minimum atomic E-state index is -0.390. The van der Waals surface area contributed by atoms with Gasteiger partial charge >= 0.3 is 11.9 Å². The van der Waals surface area contributed by atoms with Crippen LogP contribution in [0.3, 0.4) is 0 Å². The number of aryl methyl sites for hydroxylation is 1. The van der Waals surface area contributed by atoms with Crippen LogP contribution in [0.5, 0.6) is 5.75 Å². The minimum absolute atomic E-state index is 0.213. The Labute approximate surface area is 208 Å². The Hall–Kier alpha value is -3.59. The van der Waals surface area contributed by atoms with Crippen LogP contribution in [0.4, 0.5) is 0 Å². The van der Waals surface area contributed by atoms with E-state index in [1.807, 2.05) is 12.1 Å². The van der Waals surface area contributed by atoms with E-state index >= 15 is 0 Å². The molecular formula is C29H35NO5.